The zero-order chi connectivity index (χ0) is 9.84. The molecule has 13 heavy (non-hydrogen) atoms. The summed E-state index contributed by atoms with van der Waals surface area (Å²) in [6.07, 6.45) is 0. The summed E-state index contributed by atoms with van der Waals surface area (Å²) in [7, 11) is 0. The Kier molecular flexibility index (Phi) is 3.47. The molecule has 0 aromatic heterocycles. The summed E-state index contributed by atoms with van der Waals surface area (Å²) in [5.74, 6) is 0. The first kappa shape index (κ1) is 10.2. The van der Waals surface area contributed by atoms with E-state index >= 15 is 0 Å². The minimum absolute atomic E-state index is 0.0697. The normalized spacial score (nSPS) is 12.1. The molecule has 2 N–H and O–H groups in total. The van der Waals surface area contributed by atoms with Crippen molar-refractivity contribution < 1.29 is 0 Å². The van der Waals surface area contributed by atoms with Crippen LogP contribution in [-0.4, -0.2) is 5.25 Å². The molecule has 1 unspecified atom stereocenters. The van der Waals surface area contributed by atoms with E-state index in [2.05, 4.69) is 6.07 Å². The Morgan fingerprint density at radius 1 is 1.62 bits per heavy atom. The molecule has 0 heterocycles. The Morgan fingerprint density at radius 2 is 2.31 bits per heavy atom. The molecule has 68 valence electrons. The fourth-order valence-electron chi connectivity index (χ4n) is 0.812. The van der Waals surface area contributed by atoms with Crippen LogP contribution in [0.1, 0.15) is 6.92 Å². The van der Waals surface area contributed by atoms with Crippen LogP contribution in [0, 0.1) is 11.3 Å². The third-order valence-electron chi connectivity index (χ3n) is 1.47. The van der Waals surface area contributed by atoms with Crippen LogP contribution in [-0.2, 0) is 0 Å². The van der Waals surface area contributed by atoms with Crippen molar-refractivity contribution in [2.45, 2.75) is 17.1 Å². The highest BCUT2D eigenvalue weighted by Gasteiger charge is 2.03. The summed E-state index contributed by atoms with van der Waals surface area (Å²) in [4.78, 5) is 0.966. The monoisotopic (exact) mass is 212 g/mol. The lowest BCUT2D eigenvalue weighted by molar-refractivity contribution is 1.23. The fourth-order valence-corrected chi connectivity index (χ4v) is 1.85. The first-order chi connectivity index (χ1) is 6.13. The SMILES string of the molecule is CC(C#N)Sc1ccc(N)c(Cl)c1. The van der Waals surface area contributed by atoms with Gasteiger partial charge in [-0.05, 0) is 25.1 Å². The number of halogens is 1. The zero-order valence-corrected chi connectivity index (χ0v) is 8.69. The summed E-state index contributed by atoms with van der Waals surface area (Å²) in [5, 5.41) is 9.06. The molecule has 0 fully saturated rings. The largest absolute Gasteiger partial charge is 0.398 e. The maximum Gasteiger partial charge on any atom is 0.0935 e. The Hall–Kier alpha value is -0.850. The van der Waals surface area contributed by atoms with Crippen molar-refractivity contribution in [2.24, 2.45) is 0 Å². The lowest BCUT2D eigenvalue weighted by atomic mass is 10.3. The molecular weight excluding hydrogens is 204 g/mol. The first-order valence-electron chi connectivity index (χ1n) is 3.75. The van der Waals surface area contributed by atoms with Gasteiger partial charge in [-0.1, -0.05) is 11.6 Å². The lowest BCUT2D eigenvalue weighted by Gasteiger charge is -2.04. The quantitative estimate of drug-likeness (QED) is 0.606. The average Bonchev–Trinajstić information content (AvgIpc) is 2.11. The third kappa shape index (κ3) is 2.83. The maximum atomic E-state index is 8.59. The van der Waals surface area contributed by atoms with E-state index in [1.54, 1.807) is 12.1 Å². The van der Waals surface area contributed by atoms with Crippen molar-refractivity contribution in [3.63, 3.8) is 0 Å². The second-order valence-electron chi connectivity index (χ2n) is 2.57. The van der Waals surface area contributed by atoms with Gasteiger partial charge < -0.3 is 5.73 Å². The van der Waals surface area contributed by atoms with E-state index in [-0.39, 0.29) is 5.25 Å². The molecule has 0 spiro atoms. The van der Waals surface area contributed by atoms with Gasteiger partial charge >= 0.3 is 0 Å². The first-order valence-corrected chi connectivity index (χ1v) is 5.00. The number of benzene rings is 1. The van der Waals surface area contributed by atoms with E-state index in [0.717, 1.165) is 4.90 Å². The molecule has 4 heteroatoms. The minimum atomic E-state index is -0.0697. The number of hydrogen-bond donors (Lipinski definition) is 1. The second kappa shape index (κ2) is 4.40. The molecular formula is C9H9ClN2S. The van der Waals surface area contributed by atoms with Gasteiger partial charge in [-0.15, -0.1) is 11.8 Å². The molecule has 1 aromatic rings. The standard InChI is InChI=1S/C9H9ClN2S/c1-6(5-11)13-7-2-3-9(12)8(10)4-7/h2-4,6H,12H2,1H3. The van der Waals surface area contributed by atoms with Crippen molar-refractivity contribution in [1.29, 1.82) is 5.26 Å². The van der Waals surface area contributed by atoms with Crippen LogP contribution in [0.25, 0.3) is 0 Å². The maximum absolute atomic E-state index is 8.59. The predicted molar refractivity (Wildman–Crippen MR) is 56.8 cm³/mol. The number of nitrogens with zero attached hydrogens (tertiary/aromatic N) is 1. The van der Waals surface area contributed by atoms with Gasteiger partial charge in [0.15, 0.2) is 0 Å². The minimum Gasteiger partial charge on any atom is -0.398 e. The zero-order valence-electron chi connectivity index (χ0n) is 7.12. The second-order valence-corrected chi connectivity index (χ2v) is 4.39. The van der Waals surface area contributed by atoms with E-state index in [4.69, 9.17) is 22.6 Å². The molecule has 1 aromatic carbocycles. The Balaban J connectivity index is 2.81. The number of rotatable bonds is 2. The van der Waals surface area contributed by atoms with Gasteiger partial charge in [0.25, 0.3) is 0 Å². The molecule has 2 nitrogen and oxygen atoms in total. The molecule has 0 saturated carbocycles. The van der Waals surface area contributed by atoms with E-state index in [0.29, 0.717) is 10.7 Å². The van der Waals surface area contributed by atoms with Crippen LogP contribution in [0.2, 0.25) is 5.02 Å². The summed E-state index contributed by atoms with van der Waals surface area (Å²) < 4.78 is 0. The van der Waals surface area contributed by atoms with Crippen LogP contribution < -0.4 is 5.73 Å². The van der Waals surface area contributed by atoms with Crippen molar-refractivity contribution in [2.75, 3.05) is 5.73 Å². The van der Waals surface area contributed by atoms with Crippen molar-refractivity contribution >= 4 is 29.1 Å². The van der Waals surface area contributed by atoms with Gasteiger partial charge in [-0.3, -0.25) is 0 Å². The third-order valence-corrected chi connectivity index (χ3v) is 2.78. The molecule has 0 aliphatic rings. The van der Waals surface area contributed by atoms with Crippen molar-refractivity contribution in [1.82, 2.24) is 0 Å². The summed E-state index contributed by atoms with van der Waals surface area (Å²) in [6.45, 7) is 1.84. The smallest absolute Gasteiger partial charge is 0.0935 e. The Labute approximate surface area is 86.7 Å². The Bertz CT molecular complexity index is 346. The van der Waals surface area contributed by atoms with Gasteiger partial charge in [0, 0.05) is 4.90 Å². The van der Waals surface area contributed by atoms with Gasteiger partial charge in [0.05, 0.1) is 22.0 Å². The molecule has 0 amide bonds. The Morgan fingerprint density at radius 3 is 2.85 bits per heavy atom. The van der Waals surface area contributed by atoms with Gasteiger partial charge in [0.2, 0.25) is 0 Å². The summed E-state index contributed by atoms with van der Waals surface area (Å²) in [6, 6.07) is 7.51. The van der Waals surface area contributed by atoms with E-state index in [1.165, 1.54) is 11.8 Å². The molecule has 0 saturated heterocycles. The highest BCUT2D eigenvalue weighted by Crippen LogP contribution is 2.28. The number of anilines is 1. The van der Waals surface area contributed by atoms with Crippen LogP contribution in [0.5, 0.6) is 0 Å². The number of thioether (sulfide) groups is 1. The fraction of sp³-hybridized carbons (Fsp3) is 0.222. The highest BCUT2D eigenvalue weighted by atomic mass is 35.5. The molecule has 0 radical (unpaired) electrons. The number of nitriles is 1. The summed E-state index contributed by atoms with van der Waals surface area (Å²) in [5.41, 5.74) is 6.11. The van der Waals surface area contributed by atoms with Crippen LogP contribution >= 0.6 is 23.4 Å². The van der Waals surface area contributed by atoms with E-state index in [1.807, 2.05) is 13.0 Å². The number of hydrogen-bond acceptors (Lipinski definition) is 3. The number of nitrogens with two attached hydrogens (primary N) is 1. The highest BCUT2D eigenvalue weighted by molar-refractivity contribution is 8.00. The lowest BCUT2D eigenvalue weighted by Crippen LogP contribution is -1.90. The molecule has 0 aliphatic carbocycles. The molecule has 1 rings (SSSR count). The van der Waals surface area contributed by atoms with Gasteiger partial charge in [0.1, 0.15) is 0 Å². The molecule has 0 bridgehead atoms. The van der Waals surface area contributed by atoms with Crippen LogP contribution in [0.4, 0.5) is 5.69 Å². The van der Waals surface area contributed by atoms with E-state index in [9.17, 15) is 0 Å². The topological polar surface area (TPSA) is 49.8 Å². The van der Waals surface area contributed by atoms with Crippen molar-refractivity contribution in [3.8, 4) is 6.07 Å². The van der Waals surface area contributed by atoms with Crippen molar-refractivity contribution in [3.05, 3.63) is 23.2 Å². The molecule has 1 atom stereocenters. The van der Waals surface area contributed by atoms with Crippen LogP contribution in [0.15, 0.2) is 23.1 Å². The van der Waals surface area contributed by atoms with Gasteiger partial charge in [-0.2, -0.15) is 5.26 Å². The average molecular weight is 213 g/mol. The van der Waals surface area contributed by atoms with Crippen LogP contribution in [0.3, 0.4) is 0 Å². The predicted octanol–water partition coefficient (Wildman–Crippen LogP) is 2.93. The number of nitrogen functional groups attached to an aromatic ring is 1. The molecule has 0 aliphatic heterocycles. The summed E-state index contributed by atoms with van der Waals surface area (Å²) >= 11 is 7.28. The van der Waals surface area contributed by atoms with Gasteiger partial charge in [-0.25, -0.2) is 0 Å². The van der Waals surface area contributed by atoms with E-state index < -0.39 is 0 Å².